The fraction of sp³-hybridized carbons (Fsp3) is 1.00. The van der Waals surface area contributed by atoms with Crippen LogP contribution in [0.25, 0.3) is 0 Å². The molecule has 2 saturated heterocycles. The van der Waals surface area contributed by atoms with Gasteiger partial charge in [-0.2, -0.15) is 0 Å². The molecule has 0 aromatic carbocycles. The van der Waals surface area contributed by atoms with Crippen molar-refractivity contribution in [1.82, 2.24) is 4.90 Å². The molecule has 2 fully saturated rings. The lowest BCUT2D eigenvalue weighted by Gasteiger charge is -2.33. The number of hydrogen-bond acceptors (Lipinski definition) is 3. The highest BCUT2D eigenvalue weighted by molar-refractivity contribution is 4.76. The molecule has 0 aromatic rings. The summed E-state index contributed by atoms with van der Waals surface area (Å²) in [4.78, 5) is 2.53. The summed E-state index contributed by atoms with van der Waals surface area (Å²) in [7, 11) is 0. The average Bonchev–Trinajstić information content (AvgIpc) is 2.80. The molecule has 2 aliphatic heterocycles. The summed E-state index contributed by atoms with van der Waals surface area (Å²) in [5, 5.41) is 9.53. The van der Waals surface area contributed by atoms with E-state index in [0.717, 1.165) is 32.5 Å². The molecular weight excluding hydrogens is 202 g/mol. The van der Waals surface area contributed by atoms with Crippen LogP contribution in [0.15, 0.2) is 0 Å². The highest BCUT2D eigenvalue weighted by Gasteiger charge is 2.23. The maximum absolute atomic E-state index is 9.53. The Morgan fingerprint density at radius 3 is 2.62 bits per heavy atom. The molecule has 0 saturated carbocycles. The maximum Gasteiger partial charge on any atom is 0.0588 e. The van der Waals surface area contributed by atoms with Crippen LogP contribution in [0.5, 0.6) is 0 Å². The monoisotopic (exact) mass is 227 g/mol. The normalized spacial score (nSPS) is 30.8. The summed E-state index contributed by atoms with van der Waals surface area (Å²) < 4.78 is 5.64. The Kier molecular flexibility index (Phi) is 4.62. The Morgan fingerprint density at radius 2 is 2.06 bits per heavy atom. The Labute approximate surface area is 98.8 Å². The van der Waals surface area contributed by atoms with Crippen molar-refractivity contribution in [2.24, 2.45) is 5.92 Å². The molecule has 0 radical (unpaired) electrons. The third kappa shape index (κ3) is 3.44. The minimum Gasteiger partial charge on any atom is -0.393 e. The first-order valence-electron chi connectivity index (χ1n) is 6.77. The standard InChI is InChI=1S/C13H25NO2/c1-11(15)12-4-7-14(8-5-12)9-6-13-3-2-10-16-13/h11-13,15H,2-10H2,1H3. The van der Waals surface area contributed by atoms with E-state index in [9.17, 15) is 5.11 Å². The molecule has 2 aliphatic rings. The van der Waals surface area contributed by atoms with Crippen LogP contribution in [0.3, 0.4) is 0 Å². The zero-order valence-electron chi connectivity index (χ0n) is 10.4. The predicted octanol–water partition coefficient (Wildman–Crippen LogP) is 1.65. The molecule has 1 N–H and O–H groups in total. The van der Waals surface area contributed by atoms with E-state index in [0.29, 0.717) is 12.0 Å². The van der Waals surface area contributed by atoms with Gasteiger partial charge in [-0.05, 0) is 58.0 Å². The molecule has 2 atom stereocenters. The van der Waals surface area contributed by atoms with E-state index in [1.54, 1.807) is 0 Å². The van der Waals surface area contributed by atoms with Crippen molar-refractivity contribution in [2.75, 3.05) is 26.2 Å². The molecule has 2 heterocycles. The van der Waals surface area contributed by atoms with Crippen molar-refractivity contribution < 1.29 is 9.84 Å². The van der Waals surface area contributed by atoms with E-state index >= 15 is 0 Å². The molecule has 2 unspecified atom stereocenters. The molecule has 94 valence electrons. The number of ether oxygens (including phenoxy) is 1. The first kappa shape index (κ1) is 12.3. The van der Waals surface area contributed by atoms with Gasteiger partial charge in [0.05, 0.1) is 12.2 Å². The van der Waals surface area contributed by atoms with Gasteiger partial charge in [-0.3, -0.25) is 0 Å². The van der Waals surface area contributed by atoms with Gasteiger partial charge in [0.1, 0.15) is 0 Å². The summed E-state index contributed by atoms with van der Waals surface area (Å²) in [5.41, 5.74) is 0. The van der Waals surface area contributed by atoms with Gasteiger partial charge in [-0.15, -0.1) is 0 Å². The summed E-state index contributed by atoms with van der Waals surface area (Å²) in [6, 6.07) is 0. The second kappa shape index (κ2) is 5.99. The third-order valence-electron chi connectivity index (χ3n) is 4.11. The Hall–Kier alpha value is -0.120. The van der Waals surface area contributed by atoms with E-state index < -0.39 is 0 Å². The van der Waals surface area contributed by atoms with E-state index in [2.05, 4.69) is 4.90 Å². The van der Waals surface area contributed by atoms with Crippen LogP contribution in [-0.4, -0.2) is 48.5 Å². The topological polar surface area (TPSA) is 32.7 Å². The van der Waals surface area contributed by atoms with Crippen molar-refractivity contribution in [3.63, 3.8) is 0 Å². The minimum atomic E-state index is -0.125. The molecule has 2 rings (SSSR count). The van der Waals surface area contributed by atoms with Crippen molar-refractivity contribution >= 4 is 0 Å². The number of rotatable bonds is 4. The van der Waals surface area contributed by atoms with Crippen LogP contribution in [0, 0.1) is 5.92 Å². The van der Waals surface area contributed by atoms with Gasteiger partial charge in [0.2, 0.25) is 0 Å². The summed E-state index contributed by atoms with van der Waals surface area (Å²) >= 11 is 0. The quantitative estimate of drug-likeness (QED) is 0.792. The number of aliphatic hydroxyl groups excluding tert-OH is 1. The fourth-order valence-corrected chi connectivity index (χ4v) is 2.86. The van der Waals surface area contributed by atoms with E-state index in [-0.39, 0.29) is 6.10 Å². The Morgan fingerprint density at radius 1 is 1.31 bits per heavy atom. The van der Waals surface area contributed by atoms with E-state index in [1.807, 2.05) is 6.92 Å². The molecule has 0 spiro atoms. The summed E-state index contributed by atoms with van der Waals surface area (Å²) in [5.74, 6) is 0.527. The van der Waals surface area contributed by atoms with Crippen molar-refractivity contribution in [2.45, 2.75) is 51.2 Å². The number of likely N-dealkylation sites (tertiary alicyclic amines) is 1. The lowest BCUT2D eigenvalue weighted by atomic mass is 9.92. The average molecular weight is 227 g/mol. The molecule has 3 heteroatoms. The zero-order valence-corrected chi connectivity index (χ0v) is 10.4. The van der Waals surface area contributed by atoms with Gasteiger partial charge >= 0.3 is 0 Å². The number of nitrogens with zero attached hydrogens (tertiary/aromatic N) is 1. The summed E-state index contributed by atoms with van der Waals surface area (Å²) in [6.07, 6.45) is 6.40. The van der Waals surface area contributed by atoms with Gasteiger partial charge in [-0.25, -0.2) is 0 Å². The third-order valence-corrected chi connectivity index (χ3v) is 4.11. The SMILES string of the molecule is CC(O)C1CCN(CCC2CCCO2)CC1. The summed E-state index contributed by atoms with van der Waals surface area (Å²) in [6.45, 7) is 6.38. The van der Waals surface area contributed by atoms with Gasteiger partial charge < -0.3 is 14.7 Å². The van der Waals surface area contributed by atoms with Crippen molar-refractivity contribution in [3.05, 3.63) is 0 Å². The molecule has 0 aromatic heterocycles. The Bertz CT molecular complexity index is 194. The van der Waals surface area contributed by atoms with Crippen LogP contribution < -0.4 is 0 Å². The first-order chi connectivity index (χ1) is 7.75. The van der Waals surface area contributed by atoms with E-state index in [1.165, 1.54) is 25.8 Å². The van der Waals surface area contributed by atoms with Gasteiger partial charge in [0, 0.05) is 13.2 Å². The van der Waals surface area contributed by atoms with Crippen LogP contribution >= 0.6 is 0 Å². The van der Waals surface area contributed by atoms with Crippen LogP contribution in [0.2, 0.25) is 0 Å². The number of hydrogen-bond donors (Lipinski definition) is 1. The van der Waals surface area contributed by atoms with Gasteiger partial charge in [-0.1, -0.05) is 0 Å². The molecule has 0 aliphatic carbocycles. The number of aliphatic hydroxyl groups is 1. The van der Waals surface area contributed by atoms with Crippen molar-refractivity contribution in [3.8, 4) is 0 Å². The smallest absolute Gasteiger partial charge is 0.0588 e. The fourth-order valence-electron chi connectivity index (χ4n) is 2.86. The second-order valence-corrected chi connectivity index (χ2v) is 5.34. The maximum atomic E-state index is 9.53. The van der Waals surface area contributed by atoms with Crippen LogP contribution in [-0.2, 0) is 4.74 Å². The van der Waals surface area contributed by atoms with Crippen LogP contribution in [0.1, 0.15) is 39.0 Å². The minimum absolute atomic E-state index is 0.125. The highest BCUT2D eigenvalue weighted by atomic mass is 16.5. The van der Waals surface area contributed by atoms with Crippen molar-refractivity contribution in [1.29, 1.82) is 0 Å². The molecule has 3 nitrogen and oxygen atoms in total. The highest BCUT2D eigenvalue weighted by Crippen LogP contribution is 2.22. The van der Waals surface area contributed by atoms with Gasteiger partial charge in [0.25, 0.3) is 0 Å². The lowest BCUT2D eigenvalue weighted by Crippen LogP contribution is -2.38. The second-order valence-electron chi connectivity index (χ2n) is 5.34. The van der Waals surface area contributed by atoms with Gasteiger partial charge in [0.15, 0.2) is 0 Å². The van der Waals surface area contributed by atoms with E-state index in [4.69, 9.17) is 4.74 Å². The van der Waals surface area contributed by atoms with Crippen LogP contribution in [0.4, 0.5) is 0 Å². The predicted molar refractivity (Wildman–Crippen MR) is 64.4 cm³/mol. The molecule has 0 amide bonds. The molecular formula is C13H25NO2. The lowest BCUT2D eigenvalue weighted by molar-refractivity contribution is 0.0575. The first-order valence-corrected chi connectivity index (χ1v) is 6.77. The molecule has 16 heavy (non-hydrogen) atoms. The number of piperidine rings is 1. The Balaban J connectivity index is 1.61. The zero-order chi connectivity index (χ0) is 11.4. The molecule has 0 bridgehead atoms. The largest absolute Gasteiger partial charge is 0.393 e.